The molecule has 2 unspecified atom stereocenters. The molecule has 1 saturated heterocycles. The highest BCUT2D eigenvalue weighted by Crippen LogP contribution is 2.39. The molecular weight excluding hydrogens is 248 g/mol. The van der Waals surface area contributed by atoms with Gasteiger partial charge in [0.1, 0.15) is 11.5 Å². The van der Waals surface area contributed by atoms with Crippen LogP contribution in [0.2, 0.25) is 0 Å². The number of hydrogen-bond acceptors (Lipinski definition) is 3. The van der Waals surface area contributed by atoms with E-state index in [9.17, 15) is 0 Å². The molecule has 0 aromatic carbocycles. The minimum Gasteiger partial charge on any atom is -0.464 e. The highest BCUT2D eigenvalue weighted by Gasteiger charge is 2.37. The smallest absolute Gasteiger partial charge is 0.122 e. The summed E-state index contributed by atoms with van der Waals surface area (Å²) in [6.45, 7) is 3.99. The zero-order valence-corrected chi connectivity index (χ0v) is 12.7. The second-order valence-electron chi connectivity index (χ2n) is 6.40. The van der Waals surface area contributed by atoms with Gasteiger partial charge < -0.3 is 10.2 Å². The highest BCUT2D eigenvalue weighted by atomic mass is 16.3. The van der Waals surface area contributed by atoms with E-state index in [-0.39, 0.29) is 6.04 Å². The molecule has 0 radical (unpaired) electrons. The molecule has 2 fully saturated rings. The van der Waals surface area contributed by atoms with Crippen molar-refractivity contribution in [1.29, 1.82) is 0 Å². The van der Waals surface area contributed by atoms with Gasteiger partial charge in [-0.2, -0.15) is 0 Å². The van der Waals surface area contributed by atoms with Gasteiger partial charge in [0.05, 0.1) is 6.04 Å². The molecule has 1 saturated carbocycles. The fourth-order valence-electron chi connectivity index (χ4n) is 4.23. The number of hydrogen-bond donors (Lipinski definition) is 1. The summed E-state index contributed by atoms with van der Waals surface area (Å²) in [5, 5.41) is 0. The average Bonchev–Trinajstić information content (AvgIpc) is 3.21. The van der Waals surface area contributed by atoms with Gasteiger partial charge in [-0.1, -0.05) is 19.8 Å². The summed E-state index contributed by atoms with van der Waals surface area (Å²) in [5.41, 5.74) is 6.09. The molecule has 3 heteroatoms. The van der Waals surface area contributed by atoms with Crippen molar-refractivity contribution in [3.63, 3.8) is 0 Å². The zero-order valence-electron chi connectivity index (χ0n) is 12.7. The van der Waals surface area contributed by atoms with Gasteiger partial charge in [-0.3, -0.25) is 4.90 Å². The highest BCUT2D eigenvalue weighted by molar-refractivity contribution is 5.12. The maximum atomic E-state index is 6.09. The molecule has 0 bridgehead atoms. The molecule has 1 aromatic heterocycles. The normalized spacial score (nSPS) is 26.4. The van der Waals surface area contributed by atoms with Crippen LogP contribution in [0.5, 0.6) is 0 Å². The summed E-state index contributed by atoms with van der Waals surface area (Å²) in [5.74, 6) is 3.05. The molecular formula is C17H28N2O. The quantitative estimate of drug-likeness (QED) is 0.895. The Labute approximate surface area is 122 Å². The third kappa shape index (κ3) is 2.66. The van der Waals surface area contributed by atoms with Crippen LogP contribution in [0.25, 0.3) is 0 Å². The number of furan rings is 1. The Morgan fingerprint density at radius 3 is 2.70 bits per heavy atom. The van der Waals surface area contributed by atoms with Crippen LogP contribution in [0.1, 0.15) is 63.0 Å². The topological polar surface area (TPSA) is 42.4 Å². The van der Waals surface area contributed by atoms with Crippen molar-refractivity contribution < 1.29 is 4.42 Å². The Balaban J connectivity index is 1.76. The Morgan fingerprint density at radius 1 is 1.25 bits per heavy atom. The summed E-state index contributed by atoms with van der Waals surface area (Å²) in [4.78, 5) is 2.65. The number of rotatable bonds is 5. The van der Waals surface area contributed by atoms with E-state index in [0.29, 0.717) is 6.54 Å². The molecule has 3 rings (SSSR count). The van der Waals surface area contributed by atoms with Crippen LogP contribution in [0, 0.1) is 5.92 Å². The second-order valence-corrected chi connectivity index (χ2v) is 6.40. The first-order valence-electron chi connectivity index (χ1n) is 8.38. The Bertz CT molecular complexity index is 422. The molecule has 20 heavy (non-hydrogen) atoms. The molecule has 3 nitrogen and oxygen atoms in total. The minimum atomic E-state index is 0.281. The molecule has 1 aliphatic carbocycles. The molecule has 2 heterocycles. The summed E-state index contributed by atoms with van der Waals surface area (Å²) in [7, 11) is 0. The number of likely N-dealkylation sites (tertiary alicyclic amines) is 1. The molecule has 2 aliphatic rings. The minimum absolute atomic E-state index is 0.281. The van der Waals surface area contributed by atoms with E-state index in [1.54, 1.807) is 0 Å². The SMILES string of the molecule is CCc1ccc(C(CN)N2CCCC2C2CCCC2)o1. The van der Waals surface area contributed by atoms with Crippen LogP contribution < -0.4 is 5.73 Å². The summed E-state index contributed by atoms with van der Waals surface area (Å²) < 4.78 is 5.99. The van der Waals surface area contributed by atoms with Gasteiger partial charge in [-0.05, 0) is 50.3 Å². The molecule has 2 atom stereocenters. The van der Waals surface area contributed by atoms with Crippen LogP contribution in [-0.2, 0) is 6.42 Å². The Kier molecular flexibility index (Phi) is 4.47. The van der Waals surface area contributed by atoms with E-state index in [1.807, 2.05) is 0 Å². The lowest BCUT2D eigenvalue weighted by Gasteiger charge is -2.34. The van der Waals surface area contributed by atoms with E-state index in [4.69, 9.17) is 10.2 Å². The van der Waals surface area contributed by atoms with Crippen molar-refractivity contribution in [1.82, 2.24) is 4.90 Å². The largest absolute Gasteiger partial charge is 0.464 e. The van der Waals surface area contributed by atoms with Crippen LogP contribution in [0.4, 0.5) is 0 Å². The molecule has 1 aliphatic heterocycles. The number of nitrogens with zero attached hydrogens (tertiary/aromatic N) is 1. The second kappa shape index (κ2) is 6.31. The van der Waals surface area contributed by atoms with Gasteiger partial charge >= 0.3 is 0 Å². The van der Waals surface area contributed by atoms with E-state index < -0.39 is 0 Å². The van der Waals surface area contributed by atoms with Crippen LogP contribution >= 0.6 is 0 Å². The maximum Gasteiger partial charge on any atom is 0.122 e. The van der Waals surface area contributed by atoms with E-state index >= 15 is 0 Å². The summed E-state index contributed by atoms with van der Waals surface area (Å²) in [6, 6.07) is 5.27. The predicted molar refractivity (Wildman–Crippen MR) is 81.6 cm³/mol. The first-order chi connectivity index (χ1) is 9.83. The molecule has 2 N–H and O–H groups in total. The van der Waals surface area contributed by atoms with Gasteiger partial charge in [-0.15, -0.1) is 0 Å². The fourth-order valence-corrected chi connectivity index (χ4v) is 4.23. The lowest BCUT2D eigenvalue weighted by atomic mass is 9.95. The van der Waals surface area contributed by atoms with Gasteiger partial charge in [0.25, 0.3) is 0 Å². The van der Waals surface area contributed by atoms with Crippen molar-refractivity contribution in [3.05, 3.63) is 23.7 Å². The Hall–Kier alpha value is -0.800. The van der Waals surface area contributed by atoms with Gasteiger partial charge in [0.2, 0.25) is 0 Å². The molecule has 0 amide bonds. The summed E-state index contributed by atoms with van der Waals surface area (Å²) >= 11 is 0. The van der Waals surface area contributed by atoms with Crippen molar-refractivity contribution in [2.24, 2.45) is 11.7 Å². The monoisotopic (exact) mass is 276 g/mol. The molecule has 1 aromatic rings. The zero-order chi connectivity index (χ0) is 13.9. The fraction of sp³-hybridized carbons (Fsp3) is 0.765. The maximum absolute atomic E-state index is 6.09. The number of aryl methyl sites for hydroxylation is 1. The first kappa shape index (κ1) is 14.2. The van der Waals surface area contributed by atoms with Crippen LogP contribution in [-0.4, -0.2) is 24.0 Å². The van der Waals surface area contributed by atoms with Crippen molar-refractivity contribution in [2.75, 3.05) is 13.1 Å². The predicted octanol–water partition coefficient (Wildman–Crippen LogP) is 3.50. The summed E-state index contributed by atoms with van der Waals surface area (Å²) in [6.07, 6.45) is 9.30. The standard InChI is InChI=1S/C17H28N2O/c1-2-14-9-10-17(20-14)16(12-18)19-11-5-8-15(19)13-6-3-4-7-13/h9-10,13,15-16H,2-8,11-12,18H2,1H3. The van der Waals surface area contributed by atoms with E-state index in [1.165, 1.54) is 45.1 Å². The van der Waals surface area contributed by atoms with E-state index in [2.05, 4.69) is 24.0 Å². The van der Waals surface area contributed by atoms with Gasteiger partial charge in [0, 0.05) is 19.0 Å². The van der Waals surface area contributed by atoms with Gasteiger partial charge in [-0.25, -0.2) is 0 Å². The van der Waals surface area contributed by atoms with Crippen LogP contribution in [0.15, 0.2) is 16.5 Å². The lowest BCUT2D eigenvalue weighted by molar-refractivity contribution is 0.123. The van der Waals surface area contributed by atoms with E-state index in [0.717, 1.165) is 29.9 Å². The molecule has 0 spiro atoms. The van der Waals surface area contributed by atoms with Crippen LogP contribution in [0.3, 0.4) is 0 Å². The first-order valence-corrected chi connectivity index (χ1v) is 8.38. The van der Waals surface area contributed by atoms with Crippen molar-refractivity contribution in [3.8, 4) is 0 Å². The number of nitrogens with two attached hydrogens (primary N) is 1. The average molecular weight is 276 g/mol. The third-order valence-corrected chi connectivity index (χ3v) is 5.27. The van der Waals surface area contributed by atoms with Crippen molar-refractivity contribution >= 4 is 0 Å². The third-order valence-electron chi connectivity index (χ3n) is 5.27. The molecule has 112 valence electrons. The Morgan fingerprint density at radius 2 is 2.05 bits per heavy atom. The van der Waals surface area contributed by atoms with Crippen molar-refractivity contribution in [2.45, 2.75) is 64.0 Å². The lowest BCUT2D eigenvalue weighted by Crippen LogP contribution is -2.40. The van der Waals surface area contributed by atoms with Gasteiger partial charge in [0.15, 0.2) is 0 Å².